The van der Waals surface area contributed by atoms with Crippen molar-refractivity contribution in [2.75, 3.05) is 6.61 Å². The molecular weight excluding hydrogens is 432 g/mol. The summed E-state index contributed by atoms with van der Waals surface area (Å²) in [5.41, 5.74) is 5.26. The SMILES string of the molecule is Br.CCOc1ccc(-c2[nH]c(=S)n(-c3ccccc3)c2-c2ccccc2)cc1. The van der Waals surface area contributed by atoms with Crippen LogP contribution in [-0.4, -0.2) is 16.2 Å². The molecule has 4 rings (SSSR count). The summed E-state index contributed by atoms with van der Waals surface area (Å²) >= 11 is 5.69. The Labute approximate surface area is 180 Å². The van der Waals surface area contributed by atoms with Crippen LogP contribution in [0.5, 0.6) is 5.75 Å². The molecule has 4 aromatic rings. The number of nitrogens with one attached hydrogen (secondary N) is 1. The van der Waals surface area contributed by atoms with E-state index in [2.05, 4.69) is 45.9 Å². The Morgan fingerprint density at radius 1 is 0.821 bits per heavy atom. The lowest BCUT2D eigenvalue weighted by molar-refractivity contribution is 0.340. The van der Waals surface area contributed by atoms with Gasteiger partial charge in [-0.3, -0.25) is 4.57 Å². The van der Waals surface area contributed by atoms with Gasteiger partial charge in [-0.1, -0.05) is 48.5 Å². The predicted octanol–water partition coefficient (Wildman–Crippen LogP) is 6.85. The van der Waals surface area contributed by atoms with Crippen LogP contribution < -0.4 is 4.74 Å². The number of para-hydroxylation sites is 1. The lowest BCUT2D eigenvalue weighted by Crippen LogP contribution is -1.97. The summed E-state index contributed by atoms with van der Waals surface area (Å²) in [6.07, 6.45) is 0. The van der Waals surface area contributed by atoms with Gasteiger partial charge in [0, 0.05) is 16.8 Å². The maximum Gasteiger partial charge on any atom is 0.182 e. The first kappa shape index (κ1) is 20.1. The quantitative estimate of drug-likeness (QED) is 0.335. The molecule has 1 N–H and O–H groups in total. The third kappa shape index (κ3) is 3.96. The number of aromatic nitrogens is 2. The number of halogens is 1. The Balaban J connectivity index is 0.00000225. The molecular formula is C23H21BrN2OS. The highest BCUT2D eigenvalue weighted by Crippen LogP contribution is 2.34. The summed E-state index contributed by atoms with van der Waals surface area (Å²) < 4.78 is 8.34. The monoisotopic (exact) mass is 452 g/mol. The first-order valence-electron chi connectivity index (χ1n) is 8.97. The van der Waals surface area contributed by atoms with Gasteiger partial charge in [-0.05, 0) is 55.5 Å². The topological polar surface area (TPSA) is 29.9 Å². The number of H-pyrrole nitrogens is 1. The molecule has 0 fully saturated rings. The second kappa shape index (κ2) is 9.04. The number of aromatic amines is 1. The van der Waals surface area contributed by atoms with Gasteiger partial charge in [0.15, 0.2) is 4.77 Å². The van der Waals surface area contributed by atoms with Crippen LogP contribution in [0.15, 0.2) is 84.9 Å². The van der Waals surface area contributed by atoms with Gasteiger partial charge in [0.2, 0.25) is 0 Å². The molecule has 0 radical (unpaired) electrons. The molecule has 0 aliphatic carbocycles. The summed E-state index contributed by atoms with van der Waals surface area (Å²) in [5, 5.41) is 0. The second-order valence-corrected chi connectivity index (χ2v) is 6.53. The van der Waals surface area contributed by atoms with E-state index in [4.69, 9.17) is 17.0 Å². The molecule has 3 nitrogen and oxygen atoms in total. The molecule has 0 bridgehead atoms. The summed E-state index contributed by atoms with van der Waals surface area (Å²) in [6, 6.07) is 28.6. The molecule has 0 aliphatic rings. The van der Waals surface area contributed by atoms with Gasteiger partial charge in [0.1, 0.15) is 5.75 Å². The predicted molar refractivity (Wildman–Crippen MR) is 123 cm³/mol. The molecule has 0 saturated carbocycles. The molecule has 0 amide bonds. The van der Waals surface area contributed by atoms with Gasteiger partial charge in [-0.2, -0.15) is 0 Å². The maximum atomic E-state index is 5.69. The van der Waals surface area contributed by atoms with Gasteiger partial charge >= 0.3 is 0 Å². The minimum Gasteiger partial charge on any atom is -0.494 e. The molecule has 0 aliphatic heterocycles. The van der Waals surface area contributed by atoms with Gasteiger partial charge in [-0.25, -0.2) is 0 Å². The molecule has 5 heteroatoms. The molecule has 28 heavy (non-hydrogen) atoms. The van der Waals surface area contributed by atoms with Crippen LogP contribution in [0.3, 0.4) is 0 Å². The third-order valence-electron chi connectivity index (χ3n) is 4.41. The van der Waals surface area contributed by atoms with E-state index in [-0.39, 0.29) is 17.0 Å². The lowest BCUT2D eigenvalue weighted by atomic mass is 10.0. The molecule has 0 saturated heterocycles. The summed E-state index contributed by atoms with van der Waals surface area (Å²) in [7, 11) is 0. The Hall–Kier alpha value is -2.63. The minimum atomic E-state index is 0. The smallest absolute Gasteiger partial charge is 0.182 e. The molecule has 0 unspecified atom stereocenters. The highest BCUT2D eigenvalue weighted by Gasteiger charge is 2.17. The normalized spacial score (nSPS) is 10.3. The fourth-order valence-corrected chi connectivity index (χ4v) is 3.52. The highest BCUT2D eigenvalue weighted by atomic mass is 79.9. The van der Waals surface area contributed by atoms with E-state index < -0.39 is 0 Å². The number of ether oxygens (including phenoxy) is 1. The number of hydrogen-bond donors (Lipinski definition) is 1. The number of benzene rings is 3. The van der Waals surface area contributed by atoms with E-state index in [9.17, 15) is 0 Å². The van der Waals surface area contributed by atoms with Crippen LogP contribution in [0.25, 0.3) is 28.2 Å². The first-order chi connectivity index (χ1) is 13.3. The Morgan fingerprint density at radius 3 is 2.04 bits per heavy atom. The van der Waals surface area contributed by atoms with Crippen molar-refractivity contribution in [2.24, 2.45) is 0 Å². The van der Waals surface area contributed by atoms with Crippen molar-refractivity contribution >= 4 is 29.2 Å². The van der Waals surface area contributed by atoms with Gasteiger partial charge in [-0.15, -0.1) is 17.0 Å². The van der Waals surface area contributed by atoms with Crippen LogP contribution in [0.2, 0.25) is 0 Å². The van der Waals surface area contributed by atoms with Crippen LogP contribution in [0.4, 0.5) is 0 Å². The Bertz CT molecular complexity index is 1090. The molecule has 3 aromatic carbocycles. The van der Waals surface area contributed by atoms with Crippen LogP contribution in [0.1, 0.15) is 6.92 Å². The zero-order valence-corrected chi connectivity index (χ0v) is 18.0. The van der Waals surface area contributed by atoms with E-state index in [1.165, 1.54) is 0 Å². The zero-order valence-electron chi connectivity index (χ0n) is 15.5. The van der Waals surface area contributed by atoms with Crippen LogP contribution in [-0.2, 0) is 0 Å². The highest BCUT2D eigenvalue weighted by molar-refractivity contribution is 8.93. The molecule has 142 valence electrons. The van der Waals surface area contributed by atoms with E-state index in [0.29, 0.717) is 11.4 Å². The number of rotatable bonds is 5. The molecule has 1 aromatic heterocycles. The molecule has 0 atom stereocenters. The van der Waals surface area contributed by atoms with Crippen LogP contribution >= 0.6 is 29.2 Å². The average molecular weight is 453 g/mol. The standard InChI is InChI=1S/C23H20N2OS.BrH/c1-2-26-20-15-13-17(14-16-20)21-22(18-9-5-3-6-10-18)25(23(27)24-21)19-11-7-4-8-12-19;/h3-16H,2H2,1H3,(H,24,27);1H. The summed E-state index contributed by atoms with van der Waals surface area (Å²) in [5.74, 6) is 0.864. The average Bonchev–Trinajstić information content (AvgIpc) is 3.07. The van der Waals surface area contributed by atoms with Gasteiger partial charge < -0.3 is 9.72 Å². The summed E-state index contributed by atoms with van der Waals surface area (Å²) in [4.78, 5) is 3.41. The second-order valence-electron chi connectivity index (χ2n) is 6.15. The van der Waals surface area contributed by atoms with Crippen molar-refractivity contribution in [3.63, 3.8) is 0 Å². The number of imidazole rings is 1. The number of nitrogens with zero attached hydrogens (tertiary/aromatic N) is 1. The summed E-state index contributed by atoms with van der Waals surface area (Å²) in [6.45, 7) is 2.64. The van der Waals surface area contributed by atoms with E-state index >= 15 is 0 Å². The van der Waals surface area contributed by atoms with Gasteiger partial charge in [0.25, 0.3) is 0 Å². The Kier molecular flexibility index (Phi) is 6.49. The minimum absolute atomic E-state index is 0. The Morgan fingerprint density at radius 2 is 1.43 bits per heavy atom. The third-order valence-corrected chi connectivity index (χ3v) is 4.70. The van der Waals surface area contributed by atoms with Crippen molar-refractivity contribution < 1.29 is 4.74 Å². The van der Waals surface area contributed by atoms with Crippen molar-refractivity contribution in [1.82, 2.24) is 9.55 Å². The fraction of sp³-hybridized carbons (Fsp3) is 0.0870. The largest absolute Gasteiger partial charge is 0.494 e. The van der Waals surface area contributed by atoms with Crippen molar-refractivity contribution in [3.05, 3.63) is 89.7 Å². The van der Waals surface area contributed by atoms with E-state index in [0.717, 1.165) is 34.0 Å². The van der Waals surface area contributed by atoms with Crippen molar-refractivity contribution in [2.45, 2.75) is 6.92 Å². The first-order valence-corrected chi connectivity index (χ1v) is 9.38. The fourth-order valence-electron chi connectivity index (χ4n) is 3.22. The van der Waals surface area contributed by atoms with E-state index in [1.807, 2.05) is 55.5 Å². The van der Waals surface area contributed by atoms with Crippen molar-refractivity contribution in [1.29, 1.82) is 0 Å². The maximum absolute atomic E-state index is 5.69. The lowest BCUT2D eigenvalue weighted by Gasteiger charge is -2.11. The number of hydrogen-bond acceptors (Lipinski definition) is 2. The van der Waals surface area contributed by atoms with E-state index in [1.54, 1.807) is 0 Å². The molecule has 0 spiro atoms. The van der Waals surface area contributed by atoms with Crippen molar-refractivity contribution in [3.8, 4) is 34.0 Å². The molecule has 1 heterocycles. The van der Waals surface area contributed by atoms with Gasteiger partial charge in [0.05, 0.1) is 18.0 Å². The zero-order chi connectivity index (χ0) is 18.6. The van der Waals surface area contributed by atoms with Crippen LogP contribution in [0, 0.1) is 4.77 Å².